The van der Waals surface area contributed by atoms with Gasteiger partial charge < -0.3 is 0 Å². The average Bonchev–Trinajstić information content (AvgIpc) is 1.30. The van der Waals surface area contributed by atoms with Crippen LogP contribution in [0.5, 0.6) is 0 Å². The minimum Gasteiger partial charge on any atom is -0.103 e. The standard InChI is InChI=1S/C3H5Br3Si/c1-2-3-7(4,5)6/h2H,1,3H2. The molecule has 0 radical (unpaired) electrons. The van der Waals surface area contributed by atoms with Crippen LogP contribution in [0.25, 0.3) is 0 Å². The molecule has 0 saturated carbocycles. The van der Waals surface area contributed by atoms with Crippen molar-refractivity contribution < 1.29 is 0 Å². The third kappa shape index (κ3) is 7.40. The van der Waals surface area contributed by atoms with E-state index in [2.05, 4.69) is 52.5 Å². The number of hydrogen-bond acceptors (Lipinski definition) is 0. The zero-order chi connectivity index (χ0) is 5.91. The predicted molar refractivity (Wildman–Crippen MR) is 47.5 cm³/mol. The summed E-state index contributed by atoms with van der Waals surface area (Å²) in [5, 5.41) is 0. The maximum Gasteiger partial charge on any atom is 0.270 e. The summed E-state index contributed by atoms with van der Waals surface area (Å²) in [6, 6.07) is 0.993. The van der Waals surface area contributed by atoms with Gasteiger partial charge in [-0.3, -0.25) is 0 Å². The summed E-state index contributed by atoms with van der Waals surface area (Å²) in [5.41, 5.74) is 0. The monoisotopic (exact) mass is 306 g/mol. The van der Waals surface area contributed by atoms with Crippen molar-refractivity contribution in [3.63, 3.8) is 0 Å². The first kappa shape index (κ1) is 8.40. The van der Waals surface area contributed by atoms with Gasteiger partial charge in [0.05, 0.1) is 0 Å². The molecule has 0 amide bonds. The Morgan fingerprint density at radius 1 is 1.43 bits per heavy atom. The second-order valence-corrected chi connectivity index (χ2v) is 24.5. The molecule has 0 nitrogen and oxygen atoms in total. The molecular formula is C3H5Br3Si. The van der Waals surface area contributed by atoms with Gasteiger partial charge in [0, 0.05) is 0 Å². The zero-order valence-electron chi connectivity index (χ0n) is 3.63. The van der Waals surface area contributed by atoms with E-state index in [-0.39, 0.29) is 0 Å². The molecule has 0 heterocycles. The van der Waals surface area contributed by atoms with E-state index in [0.717, 1.165) is 6.04 Å². The highest BCUT2D eigenvalue weighted by atomic mass is 80.0. The van der Waals surface area contributed by atoms with E-state index < -0.39 is 3.93 Å². The van der Waals surface area contributed by atoms with Gasteiger partial charge >= 0.3 is 0 Å². The number of hydrogen-bond donors (Lipinski definition) is 0. The second kappa shape index (κ2) is 3.43. The highest BCUT2D eigenvalue weighted by Crippen LogP contribution is 2.31. The van der Waals surface area contributed by atoms with E-state index in [1.165, 1.54) is 0 Å². The van der Waals surface area contributed by atoms with E-state index in [0.29, 0.717) is 0 Å². The lowest BCUT2D eigenvalue weighted by molar-refractivity contribution is 1.74. The molecule has 0 fully saturated rings. The normalized spacial score (nSPS) is 11.3. The first-order valence-corrected chi connectivity index (χ1v) is 10.7. The molecule has 0 bridgehead atoms. The molecule has 0 saturated heterocycles. The Morgan fingerprint density at radius 3 is 1.86 bits per heavy atom. The molecule has 0 aromatic rings. The maximum atomic E-state index is 3.59. The lowest BCUT2D eigenvalue weighted by Gasteiger charge is -2.01. The molecule has 0 aliphatic heterocycles. The molecule has 0 N–H and O–H groups in total. The maximum absolute atomic E-state index is 3.59. The Balaban J connectivity index is 3.34. The van der Waals surface area contributed by atoms with Crippen LogP contribution in [0.3, 0.4) is 0 Å². The van der Waals surface area contributed by atoms with Crippen LogP contribution < -0.4 is 0 Å². The molecule has 0 aromatic heterocycles. The van der Waals surface area contributed by atoms with E-state index in [4.69, 9.17) is 0 Å². The van der Waals surface area contributed by atoms with Crippen molar-refractivity contribution in [2.45, 2.75) is 6.04 Å². The molecule has 0 aromatic carbocycles. The van der Waals surface area contributed by atoms with Crippen molar-refractivity contribution in [2.24, 2.45) is 0 Å². The molecule has 0 rings (SSSR count). The van der Waals surface area contributed by atoms with Crippen LogP contribution in [0.15, 0.2) is 12.7 Å². The summed E-state index contributed by atoms with van der Waals surface area (Å²) in [6.07, 6.45) is 1.88. The third-order valence-corrected chi connectivity index (χ3v) is 4.04. The molecule has 0 atom stereocenters. The summed E-state index contributed by atoms with van der Waals surface area (Å²) in [7, 11) is 0. The topological polar surface area (TPSA) is 0 Å². The van der Waals surface area contributed by atoms with Gasteiger partial charge in [0.2, 0.25) is 0 Å². The fraction of sp³-hybridized carbons (Fsp3) is 0.333. The Kier molecular flexibility index (Phi) is 4.11. The van der Waals surface area contributed by atoms with E-state index in [9.17, 15) is 0 Å². The van der Waals surface area contributed by atoms with Crippen LogP contribution in [-0.2, 0) is 0 Å². The Hall–Kier alpha value is 1.40. The first-order valence-electron chi connectivity index (χ1n) is 1.74. The molecule has 0 unspecified atom stereocenters. The summed E-state index contributed by atoms with van der Waals surface area (Å²) >= 11 is 10.3. The predicted octanol–water partition coefficient (Wildman–Crippen LogP) is 3.30. The largest absolute Gasteiger partial charge is 0.270 e. The number of allylic oxidation sites excluding steroid dienone is 1. The Labute approximate surface area is 68.1 Å². The quantitative estimate of drug-likeness (QED) is 0.417. The van der Waals surface area contributed by atoms with Crippen molar-refractivity contribution in [1.29, 1.82) is 0 Å². The summed E-state index contributed by atoms with van der Waals surface area (Å²) in [5.74, 6) is 0. The van der Waals surface area contributed by atoms with E-state index in [1.54, 1.807) is 0 Å². The summed E-state index contributed by atoms with van der Waals surface area (Å²) < 4.78 is -1.34. The van der Waals surface area contributed by atoms with Gasteiger partial charge in [-0.1, -0.05) is 52.0 Å². The van der Waals surface area contributed by atoms with Crippen LogP contribution in [-0.4, -0.2) is 3.93 Å². The lowest BCUT2D eigenvalue weighted by atomic mass is 10.8. The highest BCUT2D eigenvalue weighted by Gasteiger charge is 2.18. The first-order chi connectivity index (χ1) is 3.06. The van der Waals surface area contributed by atoms with Crippen LogP contribution in [0.4, 0.5) is 0 Å². The van der Waals surface area contributed by atoms with E-state index >= 15 is 0 Å². The minimum atomic E-state index is -1.34. The van der Waals surface area contributed by atoms with Crippen LogP contribution in [0.1, 0.15) is 0 Å². The fourth-order valence-corrected chi connectivity index (χ4v) is 2.55. The summed E-state index contributed by atoms with van der Waals surface area (Å²) in [4.78, 5) is 0. The Bertz CT molecular complexity index is 65.1. The zero-order valence-corrected chi connectivity index (χ0v) is 9.38. The SMILES string of the molecule is C=CC[Si](Br)(Br)Br. The van der Waals surface area contributed by atoms with Gasteiger partial charge in [0.15, 0.2) is 0 Å². The van der Waals surface area contributed by atoms with Crippen molar-refractivity contribution in [3.8, 4) is 0 Å². The van der Waals surface area contributed by atoms with Gasteiger partial charge in [-0.15, -0.1) is 6.58 Å². The molecule has 42 valence electrons. The van der Waals surface area contributed by atoms with Crippen molar-refractivity contribution in [2.75, 3.05) is 0 Å². The molecule has 4 heteroatoms. The van der Waals surface area contributed by atoms with Crippen molar-refractivity contribution in [1.82, 2.24) is 0 Å². The fourth-order valence-electron chi connectivity index (χ4n) is 0.164. The number of rotatable bonds is 2. The van der Waals surface area contributed by atoms with Crippen LogP contribution in [0.2, 0.25) is 6.04 Å². The van der Waals surface area contributed by atoms with Crippen molar-refractivity contribution in [3.05, 3.63) is 12.7 Å². The van der Waals surface area contributed by atoms with Crippen LogP contribution in [0, 0.1) is 0 Å². The molecular weight excluding hydrogens is 304 g/mol. The Morgan fingerprint density at radius 2 is 1.86 bits per heavy atom. The van der Waals surface area contributed by atoms with Gasteiger partial charge in [0.1, 0.15) is 0 Å². The van der Waals surface area contributed by atoms with Crippen molar-refractivity contribution >= 4 is 49.8 Å². The molecule has 7 heavy (non-hydrogen) atoms. The average molecular weight is 309 g/mol. The van der Waals surface area contributed by atoms with Gasteiger partial charge in [0.25, 0.3) is 3.93 Å². The molecule has 0 spiro atoms. The van der Waals surface area contributed by atoms with E-state index in [1.807, 2.05) is 6.08 Å². The van der Waals surface area contributed by atoms with Gasteiger partial charge in [-0.05, 0) is 6.04 Å². The van der Waals surface area contributed by atoms with Gasteiger partial charge in [-0.2, -0.15) is 0 Å². The smallest absolute Gasteiger partial charge is 0.103 e. The summed E-state index contributed by atoms with van der Waals surface area (Å²) in [6.45, 7) is 3.59. The van der Waals surface area contributed by atoms with Gasteiger partial charge in [-0.25, -0.2) is 0 Å². The second-order valence-electron chi connectivity index (χ2n) is 1.11. The number of halogens is 3. The molecule has 0 aliphatic carbocycles. The van der Waals surface area contributed by atoms with Crippen LogP contribution >= 0.6 is 45.9 Å². The molecule has 0 aliphatic rings. The lowest BCUT2D eigenvalue weighted by Crippen LogP contribution is -2.01. The third-order valence-electron chi connectivity index (χ3n) is 0.376. The minimum absolute atomic E-state index is 0.993. The highest BCUT2D eigenvalue weighted by molar-refractivity contribution is 9.72.